The molecule has 0 atom stereocenters. The van der Waals surface area contributed by atoms with E-state index in [4.69, 9.17) is 20.0 Å². The van der Waals surface area contributed by atoms with Gasteiger partial charge in [0.25, 0.3) is 0 Å². The molecule has 0 amide bonds. The van der Waals surface area contributed by atoms with Crippen LogP contribution < -0.4 is 19.5 Å². The van der Waals surface area contributed by atoms with E-state index >= 15 is 0 Å². The van der Waals surface area contributed by atoms with E-state index in [0.29, 0.717) is 0 Å². The van der Waals surface area contributed by atoms with E-state index in [-0.39, 0.29) is 7.43 Å². The standard InChI is InChI=1S/C9H10.2C8H7N.C8H6N.3C8H9N.C5H8N2.2C4H6N2.CH4.HPS.H2S/c1-3-9-7-5-4-6-8(9)2;3*1-2-4-8-7(3-1)5-6-9-8;2*1-7-5-3-4-6-8(7)9-2;1-7-3-2-4-8(5-7)6-9;1-5-3-6-4-7(5)2;2*1-4-2-5-3-6-4;;1-2;/h3-7H,1H2,2H3;1-4,6H,5H2;1-6,9H;1-6H;3*2-6,9H,1H3;3-4H,1-2H3;2*2-3H,1H3,(H,5,6);1H4;1H;1H2/q;;;-1;;;;;;;;;/p+1/i/hD. The fourth-order valence-corrected chi connectivity index (χ4v) is 7.16. The highest BCUT2D eigenvalue weighted by Gasteiger charge is 2.02. The number of para-hydroxylation sites is 5. The number of aryl methyl sites for hydroxylation is 8. The summed E-state index contributed by atoms with van der Waals surface area (Å²) in [6.07, 6.45) is 20.7. The van der Waals surface area contributed by atoms with E-state index in [9.17, 15) is 0 Å². The number of rotatable bonds is 4. The van der Waals surface area contributed by atoms with Crippen LogP contribution in [0.15, 0.2) is 244 Å². The zero-order chi connectivity index (χ0) is 63.2. The second-order valence-corrected chi connectivity index (χ2v) is 18.4. The zero-order valence-corrected chi connectivity index (χ0v) is 52.5. The fourth-order valence-electron chi connectivity index (χ4n) is 7.16. The summed E-state index contributed by atoms with van der Waals surface area (Å²) in [4.78, 5) is 32.9. The SMILES string of the molecule is C.C1=Nc2ccccc2C1.C=Cc1ccccc1C.Cc1c[nH]c[n+]1C.Cc1cccc(C=N)c1.Cc1cnc[nH]1.Cc1cnc[nH]1.P=S.[2H]S.[CH-]=[NH+]c1ccccc1C.[CH-]=[NH+]c1ccccc1C.c1ccc2[n-]ccc2c1.c1ccc2[nH]ccc2c1. The Morgan fingerprint density at radius 3 is 1.63 bits per heavy atom. The van der Waals surface area contributed by atoms with Gasteiger partial charge in [-0.2, -0.15) is 19.6 Å². The van der Waals surface area contributed by atoms with Gasteiger partial charge in [-0.1, -0.05) is 226 Å². The fraction of sp³-hybridized carbons (Fsp3) is 0.141. The molecule has 7 N–H and O–H groups in total. The molecule has 7 aromatic carbocycles. The Morgan fingerprint density at radius 1 is 0.663 bits per heavy atom. The molecule has 0 bridgehead atoms. The van der Waals surface area contributed by atoms with Crippen LogP contribution in [0.3, 0.4) is 0 Å². The van der Waals surface area contributed by atoms with Crippen molar-refractivity contribution in [1.29, 1.82) is 6.53 Å². The van der Waals surface area contributed by atoms with E-state index in [1.807, 2.05) is 223 Å². The minimum absolute atomic E-state index is 0. The largest absolute Gasteiger partial charge is 0.664 e. The van der Waals surface area contributed by atoms with Crippen LogP contribution in [0.4, 0.5) is 17.1 Å². The number of nitrogens with one attached hydrogen (secondary N) is 7. The van der Waals surface area contributed by atoms with E-state index < -0.39 is 0 Å². The van der Waals surface area contributed by atoms with E-state index in [1.165, 1.54) is 61.6 Å². The Labute approximate surface area is 525 Å². The Bertz CT molecular complexity index is 3450. The van der Waals surface area contributed by atoms with Crippen molar-refractivity contribution in [3.8, 4) is 0 Å². The quantitative estimate of drug-likeness (QED) is 0.0403. The summed E-state index contributed by atoms with van der Waals surface area (Å²) in [5.41, 5.74) is 17.2. The van der Waals surface area contributed by atoms with Crippen molar-refractivity contribution in [2.75, 3.05) is 0 Å². The maximum absolute atomic E-state index is 6.92. The van der Waals surface area contributed by atoms with Crippen molar-refractivity contribution in [1.82, 2.24) is 34.9 Å². The summed E-state index contributed by atoms with van der Waals surface area (Å²) in [5.74, 6) is 0. The van der Waals surface area contributed by atoms with Crippen LogP contribution in [0.2, 0.25) is 0 Å². The first-order chi connectivity index (χ1) is 41.8. The summed E-state index contributed by atoms with van der Waals surface area (Å²) < 4.78 is 7.47. The van der Waals surface area contributed by atoms with Gasteiger partial charge in [0.05, 0.1) is 37.9 Å². The number of aromatic nitrogens is 8. The lowest BCUT2D eigenvalue weighted by atomic mass is 10.1. The number of H-pyrrole nitrogens is 4. The predicted octanol–water partition coefficient (Wildman–Crippen LogP) is 14.0. The smallest absolute Gasteiger partial charge is 0.241 e. The minimum atomic E-state index is 0. The highest BCUT2D eigenvalue weighted by atomic mass is 32.4. The maximum Gasteiger partial charge on any atom is 0.241 e. The average molecular weight is 1200 g/mol. The second-order valence-electron chi connectivity index (χ2n) is 18.4. The highest BCUT2D eigenvalue weighted by Crippen LogP contribution is 2.22. The van der Waals surface area contributed by atoms with Crippen LogP contribution in [0.25, 0.3) is 27.9 Å². The Hall–Kier alpha value is -9.46. The molecule has 0 radical (unpaired) electrons. The molecule has 0 saturated heterocycles. The monoisotopic (exact) mass is 1200 g/mol. The van der Waals surface area contributed by atoms with Crippen molar-refractivity contribution < 1.29 is 14.6 Å². The van der Waals surface area contributed by atoms with E-state index in [1.54, 1.807) is 25.0 Å². The van der Waals surface area contributed by atoms with Gasteiger partial charge >= 0.3 is 0 Å². The van der Waals surface area contributed by atoms with Gasteiger partial charge in [-0.25, -0.2) is 19.5 Å². The Kier molecular flexibility index (Phi) is 38.0. The summed E-state index contributed by atoms with van der Waals surface area (Å²) in [7, 11) is 4.56. The minimum Gasteiger partial charge on any atom is -0.664 e. The molecule has 0 aliphatic carbocycles. The molecule has 0 fully saturated rings. The van der Waals surface area contributed by atoms with Gasteiger partial charge in [-0.3, -0.25) is 4.99 Å². The molecule has 0 saturated carbocycles. The lowest BCUT2D eigenvalue weighted by molar-refractivity contribution is -0.676. The van der Waals surface area contributed by atoms with Crippen molar-refractivity contribution >= 4 is 104 Å². The van der Waals surface area contributed by atoms with Crippen LogP contribution >= 0.6 is 21.4 Å². The third-order valence-electron chi connectivity index (χ3n) is 12.0. The van der Waals surface area contributed by atoms with Crippen LogP contribution in [0.5, 0.6) is 0 Å². The number of aliphatic imine (C=N–C) groups is 1. The number of imidazole rings is 3. The van der Waals surface area contributed by atoms with Crippen LogP contribution in [0, 0.1) is 53.9 Å². The Balaban J connectivity index is 0.000000481. The maximum atomic E-state index is 6.92. The number of benzene rings is 7. The van der Waals surface area contributed by atoms with E-state index in [2.05, 4.69) is 146 Å². The zero-order valence-electron chi connectivity index (χ0n) is 50.8. The topological polar surface area (TPSA) is 171 Å². The van der Waals surface area contributed by atoms with E-state index in [0.717, 1.165) is 46.0 Å². The molecule has 1 aliphatic rings. The lowest BCUT2D eigenvalue weighted by Crippen LogP contribution is -2.58. The lowest BCUT2D eigenvalue weighted by Gasteiger charge is -1.97. The molecule has 5 aromatic heterocycles. The second kappa shape index (κ2) is 45.0. The van der Waals surface area contributed by atoms with Crippen LogP contribution in [0.1, 0.15) is 63.5 Å². The number of hydrogen-bond acceptors (Lipinski definition) is 5. The molecule has 6 heterocycles. The summed E-state index contributed by atoms with van der Waals surface area (Å²) >= 11 is 6.67. The van der Waals surface area contributed by atoms with Gasteiger partial charge in [0.15, 0.2) is 0 Å². The van der Waals surface area contributed by atoms with Gasteiger partial charge in [0, 0.05) is 74.7 Å². The van der Waals surface area contributed by atoms with Crippen molar-refractivity contribution in [3.05, 3.63) is 295 Å². The first kappa shape index (κ1) is 72.6. The van der Waals surface area contributed by atoms with Gasteiger partial charge in [0.2, 0.25) is 6.33 Å². The van der Waals surface area contributed by atoms with Crippen molar-refractivity contribution in [2.24, 2.45) is 12.0 Å². The number of fused-ring (bicyclic) bond motifs is 3. The molecule has 12 nitrogen and oxygen atoms in total. The van der Waals surface area contributed by atoms with Gasteiger partial charge in [-0.15, -0.1) is 5.52 Å². The van der Waals surface area contributed by atoms with Crippen molar-refractivity contribution in [2.45, 2.75) is 62.3 Å². The molecule has 1 aliphatic heterocycles. The molecule has 13 rings (SSSR count). The highest BCUT2D eigenvalue weighted by molar-refractivity contribution is 7.88. The number of hydrogen-bond donors (Lipinski definition) is 7. The molecular formula is C71H85N12PS2. The molecule has 0 unspecified atom stereocenters. The third kappa shape index (κ3) is 29.7. The summed E-state index contributed by atoms with van der Waals surface area (Å²) in [6.45, 7) is 28.2. The predicted molar refractivity (Wildman–Crippen MR) is 376 cm³/mol. The summed E-state index contributed by atoms with van der Waals surface area (Å²) in [5, 5.41) is 9.41. The van der Waals surface area contributed by atoms with Crippen molar-refractivity contribution in [3.63, 3.8) is 0 Å². The van der Waals surface area contributed by atoms with Crippen LogP contribution in [-0.4, -0.2) is 56.9 Å². The van der Waals surface area contributed by atoms with Gasteiger partial charge < -0.3 is 35.3 Å². The van der Waals surface area contributed by atoms with Crippen LogP contribution in [-0.2, 0) is 25.3 Å². The first-order valence-electron chi connectivity index (χ1n) is 27.3. The molecule has 0 spiro atoms. The number of aromatic amines is 4. The van der Waals surface area contributed by atoms with Gasteiger partial charge in [-0.05, 0) is 86.9 Å². The summed E-state index contributed by atoms with van der Waals surface area (Å²) in [6, 6.07) is 60.4. The molecule has 86 heavy (non-hydrogen) atoms. The molecule has 446 valence electrons. The average Bonchev–Trinajstić information content (AvgIpc) is 4.54. The number of nitrogens with zero attached hydrogens (tertiary/aromatic N) is 5. The Morgan fingerprint density at radius 2 is 1.21 bits per heavy atom. The first-order valence-corrected chi connectivity index (χ1v) is 28.5. The van der Waals surface area contributed by atoms with Gasteiger partial charge in [0.1, 0.15) is 11.9 Å². The normalized spacial score (nSPS) is 9.48. The molecule has 12 aromatic rings. The molecular weight excluding hydrogens is 1120 g/mol. The third-order valence-corrected chi connectivity index (χ3v) is 12.0. The molecule has 15 heteroatoms.